The number of benzene rings is 1. The van der Waals surface area contributed by atoms with Crippen LogP contribution in [0, 0.1) is 12.7 Å². The van der Waals surface area contributed by atoms with E-state index >= 15 is 0 Å². The third-order valence-electron chi connectivity index (χ3n) is 2.81. The summed E-state index contributed by atoms with van der Waals surface area (Å²) in [5.74, 6) is -0.509. The van der Waals surface area contributed by atoms with E-state index in [-0.39, 0.29) is 5.39 Å². The van der Waals surface area contributed by atoms with Gasteiger partial charge in [0, 0.05) is 4.88 Å². The maximum Gasteiger partial charge on any atom is 0.334 e. The summed E-state index contributed by atoms with van der Waals surface area (Å²) in [5, 5.41) is 0.681. The molecule has 0 atom stereocenters. The third kappa shape index (κ3) is 1.90. The molecule has 0 fully saturated rings. The van der Waals surface area contributed by atoms with Gasteiger partial charge in [0.05, 0.1) is 10.9 Å². The molecule has 6 heteroatoms. The highest BCUT2D eigenvalue weighted by molar-refractivity contribution is 7.14. The minimum absolute atomic E-state index is 0.158. The molecule has 0 radical (unpaired) electrons. The van der Waals surface area contributed by atoms with Gasteiger partial charge in [-0.3, -0.25) is 4.79 Å². The summed E-state index contributed by atoms with van der Waals surface area (Å²) in [6, 6.07) is 7.24. The smallest absolute Gasteiger partial charge is 0.306 e. The van der Waals surface area contributed by atoms with Crippen LogP contribution in [0.1, 0.15) is 4.88 Å². The van der Waals surface area contributed by atoms with Crippen LogP contribution in [0.4, 0.5) is 4.39 Å². The second-order valence-electron chi connectivity index (χ2n) is 4.14. The quantitative estimate of drug-likeness (QED) is 0.740. The van der Waals surface area contributed by atoms with Crippen molar-refractivity contribution in [2.75, 3.05) is 0 Å². The number of H-pyrrole nitrogens is 1. The summed E-state index contributed by atoms with van der Waals surface area (Å²) in [6.07, 6.45) is 0. The Bertz CT molecular complexity index is 892. The predicted octanol–water partition coefficient (Wildman–Crippen LogP) is 2.19. The van der Waals surface area contributed by atoms with Crippen LogP contribution in [-0.4, -0.2) is 9.55 Å². The van der Waals surface area contributed by atoms with Crippen molar-refractivity contribution < 1.29 is 4.39 Å². The molecule has 3 aromatic rings. The zero-order valence-electron chi connectivity index (χ0n) is 9.94. The molecule has 1 N–H and O–H groups in total. The molecule has 4 nitrogen and oxygen atoms in total. The number of aryl methyl sites for hydroxylation is 1. The van der Waals surface area contributed by atoms with Gasteiger partial charge in [-0.1, -0.05) is 0 Å². The van der Waals surface area contributed by atoms with Gasteiger partial charge in [-0.05, 0) is 37.3 Å². The van der Waals surface area contributed by atoms with Crippen LogP contribution in [0.5, 0.6) is 0 Å². The van der Waals surface area contributed by atoms with Gasteiger partial charge in [-0.15, -0.1) is 11.3 Å². The lowest BCUT2D eigenvalue weighted by atomic mass is 10.2. The second kappa shape index (κ2) is 4.17. The maximum atomic E-state index is 13.2. The van der Waals surface area contributed by atoms with Crippen molar-refractivity contribution in [3.05, 3.63) is 61.9 Å². The van der Waals surface area contributed by atoms with Crippen LogP contribution in [0.3, 0.4) is 0 Å². The third-order valence-corrected chi connectivity index (χ3v) is 3.79. The molecule has 0 saturated heterocycles. The zero-order valence-corrected chi connectivity index (χ0v) is 10.8. The van der Waals surface area contributed by atoms with Crippen LogP contribution in [0.25, 0.3) is 15.9 Å². The highest BCUT2D eigenvalue weighted by Gasteiger charge is 2.11. The Kier molecular flexibility index (Phi) is 2.60. The second-order valence-corrected chi connectivity index (χ2v) is 5.41. The molecule has 0 amide bonds. The zero-order chi connectivity index (χ0) is 13.6. The van der Waals surface area contributed by atoms with E-state index in [9.17, 15) is 14.0 Å². The number of aromatic nitrogens is 2. The van der Waals surface area contributed by atoms with E-state index in [1.807, 2.05) is 13.0 Å². The molecular formula is C13H9FN2O2S. The van der Waals surface area contributed by atoms with Crippen molar-refractivity contribution in [2.24, 2.45) is 0 Å². The first-order chi connectivity index (χ1) is 9.06. The Morgan fingerprint density at radius 2 is 2.00 bits per heavy atom. The Morgan fingerprint density at radius 3 is 2.68 bits per heavy atom. The molecule has 0 aliphatic carbocycles. The summed E-state index contributed by atoms with van der Waals surface area (Å²) >= 11 is 1.33. The van der Waals surface area contributed by atoms with Gasteiger partial charge in [-0.25, -0.2) is 13.8 Å². The first-order valence-corrected chi connectivity index (χ1v) is 6.39. The number of nitrogens with zero attached hydrogens (tertiary/aromatic N) is 1. The van der Waals surface area contributed by atoms with Crippen molar-refractivity contribution in [1.29, 1.82) is 0 Å². The van der Waals surface area contributed by atoms with Crippen LogP contribution >= 0.6 is 11.3 Å². The average Bonchev–Trinajstić information content (AvgIpc) is 2.77. The largest absolute Gasteiger partial charge is 0.334 e. The van der Waals surface area contributed by atoms with Gasteiger partial charge in [0.25, 0.3) is 5.56 Å². The molecule has 0 bridgehead atoms. The fraction of sp³-hybridized carbons (Fsp3) is 0.0769. The number of hydrogen-bond acceptors (Lipinski definition) is 3. The molecule has 19 heavy (non-hydrogen) atoms. The van der Waals surface area contributed by atoms with Gasteiger partial charge in [0.2, 0.25) is 0 Å². The van der Waals surface area contributed by atoms with Gasteiger partial charge < -0.3 is 4.98 Å². The summed E-state index contributed by atoms with van der Waals surface area (Å²) in [6.45, 7) is 1.88. The number of hydrogen-bond donors (Lipinski definition) is 1. The Balaban J connectivity index is 2.43. The molecule has 1 aromatic carbocycles. The number of fused-ring (bicyclic) bond motifs is 1. The molecule has 3 rings (SSSR count). The summed E-state index contributed by atoms with van der Waals surface area (Å²) in [7, 11) is 0. The number of aromatic amines is 1. The van der Waals surface area contributed by atoms with Crippen molar-refractivity contribution in [1.82, 2.24) is 9.55 Å². The van der Waals surface area contributed by atoms with Crippen LogP contribution in [0.15, 0.2) is 39.9 Å². The van der Waals surface area contributed by atoms with E-state index in [0.717, 1.165) is 15.5 Å². The molecule has 0 aliphatic rings. The Labute approximate surface area is 110 Å². The molecule has 0 saturated carbocycles. The molecule has 0 unspecified atom stereocenters. The lowest BCUT2D eigenvalue weighted by Gasteiger charge is -2.03. The monoisotopic (exact) mass is 276 g/mol. The van der Waals surface area contributed by atoms with E-state index in [4.69, 9.17) is 0 Å². The molecule has 2 aromatic heterocycles. The van der Waals surface area contributed by atoms with Crippen LogP contribution in [0.2, 0.25) is 0 Å². The van der Waals surface area contributed by atoms with E-state index in [1.54, 1.807) is 6.07 Å². The number of nitrogens with one attached hydrogen (secondary N) is 1. The number of rotatable bonds is 1. The normalized spacial score (nSPS) is 11.1. The topological polar surface area (TPSA) is 54.9 Å². The first-order valence-electron chi connectivity index (χ1n) is 5.58. The fourth-order valence-corrected chi connectivity index (χ4v) is 2.79. The van der Waals surface area contributed by atoms with Crippen molar-refractivity contribution in [3.8, 4) is 5.00 Å². The highest BCUT2D eigenvalue weighted by atomic mass is 32.1. The standard InChI is InChI=1S/C13H9FN2O2S/c1-7-2-5-11(19-7)16-12(17)9-6-8(14)3-4-10(9)15-13(16)18/h2-6H,1H3,(H,15,18). The van der Waals surface area contributed by atoms with E-state index in [1.165, 1.54) is 23.5 Å². The Hall–Kier alpha value is -2.21. The summed E-state index contributed by atoms with van der Waals surface area (Å²) < 4.78 is 14.2. The lowest BCUT2D eigenvalue weighted by Crippen LogP contribution is -2.33. The van der Waals surface area contributed by atoms with Gasteiger partial charge in [0.1, 0.15) is 10.8 Å². The lowest BCUT2D eigenvalue weighted by molar-refractivity contribution is 0.629. The molecule has 0 aliphatic heterocycles. The minimum atomic E-state index is -0.522. The molecule has 96 valence electrons. The maximum absolute atomic E-state index is 13.2. The average molecular weight is 276 g/mol. The molecule has 0 spiro atoms. The predicted molar refractivity (Wildman–Crippen MR) is 72.7 cm³/mol. The van der Waals surface area contributed by atoms with Gasteiger partial charge in [0.15, 0.2) is 0 Å². The number of halogens is 1. The highest BCUT2D eigenvalue weighted by Crippen LogP contribution is 2.17. The van der Waals surface area contributed by atoms with Gasteiger partial charge >= 0.3 is 5.69 Å². The van der Waals surface area contributed by atoms with Crippen LogP contribution < -0.4 is 11.2 Å². The Morgan fingerprint density at radius 1 is 1.21 bits per heavy atom. The molecular weight excluding hydrogens is 267 g/mol. The van der Waals surface area contributed by atoms with Crippen molar-refractivity contribution >= 4 is 22.2 Å². The van der Waals surface area contributed by atoms with E-state index < -0.39 is 17.1 Å². The van der Waals surface area contributed by atoms with Crippen LogP contribution in [-0.2, 0) is 0 Å². The SMILES string of the molecule is Cc1ccc(-n2c(=O)[nH]c3ccc(F)cc3c2=O)s1. The summed E-state index contributed by atoms with van der Waals surface area (Å²) in [4.78, 5) is 27.8. The van der Waals surface area contributed by atoms with Gasteiger partial charge in [-0.2, -0.15) is 0 Å². The first kappa shape index (κ1) is 11.9. The minimum Gasteiger partial charge on any atom is -0.306 e. The molecule has 2 heterocycles. The fourth-order valence-electron chi connectivity index (χ4n) is 1.93. The van der Waals surface area contributed by atoms with Crippen molar-refractivity contribution in [2.45, 2.75) is 6.92 Å². The van der Waals surface area contributed by atoms with Crippen molar-refractivity contribution in [3.63, 3.8) is 0 Å². The summed E-state index contributed by atoms with van der Waals surface area (Å²) in [5.41, 5.74) is -0.702. The van der Waals surface area contributed by atoms with E-state index in [0.29, 0.717) is 10.5 Å². The number of thiophene rings is 1. The van der Waals surface area contributed by atoms with E-state index in [2.05, 4.69) is 4.98 Å².